The number of amides is 2. The van der Waals surface area contributed by atoms with Crippen molar-refractivity contribution < 1.29 is 27.8 Å². The number of ether oxygens (including phenoxy) is 2. The van der Waals surface area contributed by atoms with Crippen LogP contribution in [0.5, 0.6) is 5.75 Å². The number of alkyl halides is 2. The molecule has 0 saturated carbocycles. The zero-order valence-corrected chi connectivity index (χ0v) is 27.2. The van der Waals surface area contributed by atoms with Crippen molar-refractivity contribution >= 4 is 29.5 Å². The zero-order valence-electron chi connectivity index (χ0n) is 27.2. The van der Waals surface area contributed by atoms with Gasteiger partial charge in [-0.25, -0.2) is 19.7 Å². The summed E-state index contributed by atoms with van der Waals surface area (Å²) in [6, 6.07) is 4.66. The molecule has 0 radical (unpaired) electrons. The van der Waals surface area contributed by atoms with Crippen LogP contribution in [0.15, 0.2) is 36.8 Å². The number of hydrogen-bond acceptors (Lipinski definition) is 10. The molecule has 2 amide bonds. The van der Waals surface area contributed by atoms with Gasteiger partial charge in [0.2, 0.25) is 5.91 Å². The summed E-state index contributed by atoms with van der Waals surface area (Å²) >= 11 is 0. The number of rotatable bonds is 7. The first kappa shape index (κ1) is 32.4. The third-order valence-electron chi connectivity index (χ3n) is 8.92. The summed E-state index contributed by atoms with van der Waals surface area (Å²) in [7, 11) is 0. The van der Waals surface area contributed by atoms with E-state index in [1.165, 1.54) is 18.3 Å². The molecule has 3 fully saturated rings. The first-order valence-corrected chi connectivity index (χ1v) is 15.9. The van der Waals surface area contributed by atoms with Crippen molar-refractivity contribution in [1.29, 1.82) is 0 Å². The van der Waals surface area contributed by atoms with Gasteiger partial charge in [-0.2, -0.15) is 13.9 Å². The Labute approximate surface area is 272 Å². The van der Waals surface area contributed by atoms with E-state index >= 15 is 0 Å². The normalized spacial score (nSPS) is 18.3. The molecule has 3 aliphatic heterocycles. The maximum absolute atomic E-state index is 12.8. The topological polar surface area (TPSA) is 131 Å². The molecule has 0 bridgehead atoms. The number of piperidine rings is 2. The second-order valence-electron chi connectivity index (χ2n) is 13.6. The number of hydrogen-bond donors (Lipinski definition) is 1. The van der Waals surface area contributed by atoms with Crippen molar-refractivity contribution in [3.63, 3.8) is 0 Å². The molecule has 15 heteroatoms. The van der Waals surface area contributed by atoms with Gasteiger partial charge in [-0.05, 0) is 52.5 Å². The van der Waals surface area contributed by atoms with E-state index in [9.17, 15) is 18.4 Å². The summed E-state index contributed by atoms with van der Waals surface area (Å²) in [5, 5.41) is 7.76. The molecule has 252 valence electrons. The zero-order chi connectivity index (χ0) is 33.3. The molecular weight excluding hydrogens is 612 g/mol. The number of carbonyl (C=O) groups excluding carboxylic acids is 2. The van der Waals surface area contributed by atoms with Crippen LogP contribution >= 0.6 is 0 Å². The number of nitrogens with one attached hydrogen (secondary N) is 1. The standard InChI is InChI=1S/C32H41F2N9O4/c1-21(44)40-13-8-32(9-14-40)19-42(20-32)27-16-26(37-25-15-24(5-10-35-25)46-29(33)34)38-28(39-27)22-17-36-43(18-22)23-6-11-41(12-7-23)30(45)47-31(2,3)4/h5,10,15-18,23,29H,6-9,11-14,19-20H2,1-4H3,(H,35,37,38,39). The molecule has 0 atom stereocenters. The van der Waals surface area contributed by atoms with Gasteiger partial charge in [0.1, 0.15) is 28.8 Å². The maximum Gasteiger partial charge on any atom is 0.410 e. The van der Waals surface area contributed by atoms with Crippen molar-refractivity contribution in [2.24, 2.45) is 5.41 Å². The Morgan fingerprint density at radius 2 is 1.74 bits per heavy atom. The average molecular weight is 654 g/mol. The van der Waals surface area contributed by atoms with E-state index in [1.54, 1.807) is 18.0 Å². The lowest BCUT2D eigenvalue weighted by molar-refractivity contribution is -0.131. The fourth-order valence-corrected chi connectivity index (χ4v) is 6.41. The number of pyridine rings is 1. The highest BCUT2D eigenvalue weighted by Gasteiger charge is 2.46. The second-order valence-corrected chi connectivity index (χ2v) is 13.6. The van der Waals surface area contributed by atoms with Crippen molar-refractivity contribution in [2.75, 3.05) is 49.5 Å². The molecule has 3 aromatic rings. The number of halogens is 2. The predicted octanol–water partition coefficient (Wildman–Crippen LogP) is 5.10. The summed E-state index contributed by atoms with van der Waals surface area (Å²) in [5.74, 6) is 2.00. The molecule has 1 spiro atoms. The Morgan fingerprint density at radius 3 is 2.40 bits per heavy atom. The van der Waals surface area contributed by atoms with E-state index in [2.05, 4.69) is 25.0 Å². The molecule has 47 heavy (non-hydrogen) atoms. The maximum atomic E-state index is 12.8. The molecule has 3 aromatic heterocycles. The van der Waals surface area contributed by atoms with E-state index in [0.717, 1.165) is 63.2 Å². The molecule has 6 rings (SSSR count). The van der Waals surface area contributed by atoms with Crippen molar-refractivity contribution in [1.82, 2.24) is 34.5 Å². The number of aromatic nitrogens is 5. The SMILES string of the molecule is CC(=O)N1CCC2(CC1)CN(c1cc(Nc3cc(OC(F)F)ccn3)nc(-c3cnn(C4CCN(C(=O)OC(C)(C)C)CC4)c3)n1)C2. The molecule has 0 aliphatic carbocycles. The Kier molecular flexibility index (Phi) is 8.90. The minimum atomic E-state index is -2.95. The van der Waals surface area contributed by atoms with Gasteiger partial charge in [0.25, 0.3) is 0 Å². The van der Waals surface area contributed by atoms with Gasteiger partial charge in [-0.1, -0.05) is 0 Å². The first-order valence-electron chi connectivity index (χ1n) is 15.9. The highest BCUT2D eigenvalue weighted by atomic mass is 19.3. The lowest BCUT2D eigenvalue weighted by Crippen LogP contribution is -2.61. The van der Waals surface area contributed by atoms with Gasteiger partial charge in [0.15, 0.2) is 5.82 Å². The Hall–Kier alpha value is -4.56. The Morgan fingerprint density at radius 1 is 1.02 bits per heavy atom. The first-order chi connectivity index (χ1) is 22.3. The predicted molar refractivity (Wildman–Crippen MR) is 170 cm³/mol. The van der Waals surface area contributed by atoms with Gasteiger partial charge in [0.05, 0.1) is 17.8 Å². The molecule has 0 aromatic carbocycles. The summed E-state index contributed by atoms with van der Waals surface area (Å²) in [4.78, 5) is 44.1. The quantitative estimate of drug-likeness (QED) is 0.368. The van der Waals surface area contributed by atoms with Crippen LogP contribution in [-0.4, -0.2) is 98.0 Å². The lowest BCUT2D eigenvalue weighted by Gasteiger charge is -2.54. The molecule has 3 aliphatic rings. The summed E-state index contributed by atoms with van der Waals surface area (Å²) in [6.07, 6.45) is 8.06. The molecular formula is C32H41F2N9O4. The Bertz CT molecular complexity index is 1590. The monoisotopic (exact) mass is 653 g/mol. The fourth-order valence-electron chi connectivity index (χ4n) is 6.41. The largest absolute Gasteiger partial charge is 0.444 e. The third-order valence-corrected chi connectivity index (χ3v) is 8.92. The van der Waals surface area contributed by atoms with Gasteiger partial charge in [0, 0.05) is 76.1 Å². The van der Waals surface area contributed by atoms with E-state index in [4.69, 9.17) is 14.7 Å². The van der Waals surface area contributed by atoms with E-state index in [-0.39, 0.29) is 29.2 Å². The van der Waals surface area contributed by atoms with Crippen LogP contribution in [-0.2, 0) is 9.53 Å². The van der Waals surface area contributed by atoms with Gasteiger partial charge < -0.3 is 29.5 Å². The summed E-state index contributed by atoms with van der Waals surface area (Å²) in [6.45, 7) is 8.48. The van der Waals surface area contributed by atoms with Crippen LogP contribution < -0.4 is 15.0 Å². The number of nitrogens with zero attached hydrogens (tertiary/aromatic N) is 8. The minimum absolute atomic E-state index is 0.0208. The van der Waals surface area contributed by atoms with Crippen LogP contribution in [0, 0.1) is 5.41 Å². The molecule has 1 N–H and O–H groups in total. The Balaban J connectivity index is 1.20. The van der Waals surface area contributed by atoms with Gasteiger partial charge in [-0.3, -0.25) is 9.48 Å². The van der Waals surface area contributed by atoms with Crippen LogP contribution in [0.3, 0.4) is 0 Å². The number of anilines is 3. The third kappa shape index (κ3) is 7.71. The second kappa shape index (κ2) is 12.9. The smallest absolute Gasteiger partial charge is 0.410 e. The van der Waals surface area contributed by atoms with Crippen molar-refractivity contribution in [2.45, 2.75) is 71.6 Å². The molecule has 0 unspecified atom stereocenters. The van der Waals surface area contributed by atoms with E-state index in [0.29, 0.717) is 30.5 Å². The van der Waals surface area contributed by atoms with Crippen LogP contribution in [0.4, 0.5) is 31.0 Å². The number of carbonyl (C=O) groups is 2. The highest BCUT2D eigenvalue weighted by molar-refractivity contribution is 5.73. The summed E-state index contributed by atoms with van der Waals surface area (Å²) < 4.78 is 37.6. The van der Waals surface area contributed by atoms with E-state index < -0.39 is 12.2 Å². The highest BCUT2D eigenvalue weighted by Crippen LogP contribution is 2.43. The van der Waals surface area contributed by atoms with E-state index in [1.807, 2.05) is 42.6 Å². The molecule has 6 heterocycles. The lowest BCUT2D eigenvalue weighted by atomic mass is 9.72. The summed E-state index contributed by atoms with van der Waals surface area (Å²) in [5.41, 5.74) is 0.304. The molecule has 13 nitrogen and oxygen atoms in total. The fraction of sp³-hybridized carbons (Fsp3) is 0.562. The van der Waals surface area contributed by atoms with Crippen molar-refractivity contribution in [3.8, 4) is 17.1 Å². The van der Waals surface area contributed by atoms with Crippen LogP contribution in [0.25, 0.3) is 11.4 Å². The van der Waals surface area contributed by atoms with Gasteiger partial charge in [-0.15, -0.1) is 0 Å². The molecule has 3 saturated heterocycles. The number of likely N-dealkylation sites (tertiary alicyclic amines) is 2. The average Bonchev–Trinajstić information content (AvgIpc) is 3.49. The van der Waals surface area contributed by atoms with Gasteiger partial charge >= 0.3 is 12.7 Å². The van der Waals surface area contributed by atoms with Crippen LogP contribution in [0.1, 0.15) is 59.4 Å². The van der Waals surface area contributed by atoms with Crippen LogP contribution in [0.2, 0.25) is 0 Å². The minimum Gasteiger partial charge on any atom is -0.444 e. The van der Waals surface area contributed by atoms with Crippen molar-refractivity contribution in [3.05, 3.63) is 36.8 Å².